The zero-order valence-electron chi connectivity index (χ0n) is 20.1. The van der Waals surface area contributed by atoms with E-state index in [1.165, 1.54) is 6.07 Å². The first-order valence-corrected chi connectivity index (χ1v) is 11.2. The molecule has 3 aromatic carbocycles. The second-order valence-electron chi connectivity index (χ2n) is 9.07. The maximum atomic E-state index is 14.7. The molecule has 0 saturated carbocycles. The van der Waals surface area contributed by atoms with Crippen molar-refractivity contribution < 1.29 is 28.5 Å². The number of ether oxygens (including phenoxy) is 3. The van der Waals surface area contributed by atoms with Crippen molar-refractivity contribution in [1.82, 2.24) is 0 Å². The van der Waals surface area contributed by atoms with E-state index in [0.29, 0.717) is 36.7 Å². The van der Waals surface area contributed by atoms with Crippen LogP contribution in [0, 0.1) is 5.82 Å². The smallest absolute Gasteiger partial charge is 0.303 e. The van der Waals surface area contributed by atoms with Crippen LogP contribution in [0.25, 0.3) is 11.1 Å². The molecule has 0 atom stereocenters. The zero-order chi connectivity index (χ0) is 24.7. The third kappa shape index (κ3) is 7.32. The molecule has 0 fully saturated rings. The molecule has 3 rings (SSSR count). The van der Waals surface area contributed by atoms with Gasteiger partial charge in [0, 0.05) is 12.0 Å². The van der Waals surface area contributed by atoms with Crippen LogP contribution in [0.2, 0.25) is 0 Å². The van der Waals surface area contributed by atoms with Crippen LogP contribution in [0.5, 0.6) is 11.5 Å². The summed E-state index contributed by atoms with van der Waals surface area (Å²) in [7, 11) is 1.55. The summed E-state index contributed by atoms with van der Waals surface area (Å²) in [5.74, 6) is 0.0800. The van der Waals surface area contributed by atoms with Gasteiger partial charge < -0.3 is 19.3 Å². The number of halogens is 1. The predicted octanol–water partition coefficient (Wildman–Crippen LogP) is 6.41. The lowest BCUT2D eigenvalue weighted by atomic mass is 9.97. The van der Waals surface area contributed by atoms with E-state index in [4.69, 9.17) is 19.3 Å². The third-order valence-corrected chi connectivity index (χ3v) is 5.23. The van der Waals surface area contributed by atoms with Gasteiger partial charge in [-0.25, -0.2) is 4.39 Å². The van der Waals surface area contributed by atoms with Crippen LogP contribution in [-0.2, 0) is 29.2 Å². The molecule has 3 aromatic rings. The molecule has 0 aliphatic rings. The molecule has 180 valence electrons. The summed E-state index contributed by atoms with van der Waals surface area (Å²) in [6, 6.07) is 17.9. The number of aliphatic carboxylic acids is 1. The number of carboxylic acid groups (broad SMARTS) is 1. The van der Waals surface area contributed by atoms with Crippen molar-refractivity contribution >= 4 is 5.97 Å². The second-order valence-corrected chi connectivity index (χ2v) is 9.07. The van der Waals surface area contributed by atoms with Gasteiger partial charge in [-0.15, -0.1) is 0 Å². The maximum Gasteiger partial charge on any atom is 0.303 e. The molecule has 0 unspecified atom stereocenters. The minimum Gasteiger partial charge on any atom is -0.497 e. The average molecular weight is 467 g/mol. The van der Waals surface area contributed by atoms with Gasteiger partial charge in [0.25, 0.3) is 0 Å². The molecule has 0 saturated heterocycles. The fourth-order valence-corrected chi connectivity index (χ4v) is 3.46. The van der Waals surface area contributed by atoms with Crippen LogP contribution in [0.15, 0.2) is 60.7 Å². The van der Waals surface area contributed by atoms with Crippen LogP contribution >= 0.6 is 0 Å². The number of benzene rings is 3. The monoisotopic (exact) mass is 466 g/mol. The molecule has 34 heavy (non-hydrogen) atoms. The first-order valence-electron chi connectivity index (χ1n) is 11.2. The number of methoxy groups -OCH3 is 1. The van der Waals surface area contributed by atoms with E-state index < -0.39 is 5.97 Å². The average Bonchev–Trinajstić information content (AvgIpc) is 2.80. The van der Waals surface area contributed by atoms with E-state index in [1.807, 2.05) is 63.2 Å². The fraction of sp³-hybridized carbons (Fsp3) is 0.321. The van der Waals surface area contributed by atoms with Gasteiger partial charge in [0.05, 0.1) is 19.3 Å². The Bertz CT molecular complexity index is 1130. The van der Waals surface area contributed by atoms with Gasteiger partial charge in [-0.1, -0.05) is 24.3 Å². The molecular weight excluding hydrogens is 435 g/mol. The fourth-order valence-electron chi connectivity index (χ4n) is 3.46. The van der Waals surface area contributed by atoms with Gasteiger partial charge >= 0.3 is 5.97 Å². The summed E-state index contributed by atoms with van der Waals surface area (Å²) >= 11 is 0. The van der Waals surface area contributed by atoms with Crippen molar-refractivity contribution in [2.75, 3.05) is 7.11 Å². The Morgan fingerprint density at radius 3 is 2.41 bits per heavy atom. The normalized spacial score (nSPS) is 11.3. The van der Waals surface area contributed by atoms with Crippen molar-refractivity contribution in [3.63, 3.8) is 0 Å². The van der Waals surface area contributed by atoms with E-state index in [2.05, 4.69) is 0 Å². The molecule has 5 nitrogen and oxygen atoms in total. The van der Waals surface area contributed by atoms with Gasteiger partial charge in [-0.2, -0.15) is 0 Å². The number of carbonyl (C=O) groups is 1. The van der Waals surface area contributed by atoms with E-state index >= 15 is 0 Å². The van der Waals surface area contributed by atoms with Gasteiger partial charge in [-0.3, -0.25) is 4.79 Å². The highest BCUT2D eigenvalue weighted by Crippen LogP contribution is 2.32. The predicted molar refractivity (Wildman–Crippen MR) is 130 cm³/mol. The first kappa shape index (κ1) is 25.2. The Morgan fingerprint density at radius 2 is 1.71 bits per heavy atom. The Hall–Kier alpha value is -3.38. The van der Waals surface area contributed by atoms with E-state index in [1.54, 1.807) is 19.2 Å². The Balaban J connectivity index is 1.84. The summed E-state index contributed by atoms with van der Waals surface area (Å²) in [5.41, 5.74) is 3.50. The van der Waals surface area contributed by atoms with Crippen molar-refractivity contribution in [1.29, 1.82) is 0 Å². The van der Waals surface area contributed by atoms with Gasteiger partial charge in [0.1, 0.15) is 23.9 Å². The Morgan fingerprint density at radius 1 is 0.912 bits per heavy atom. The van der Waals surface area contributed by atoms with E-state index in [0.717, 1.165) is 22.3 Å². The van der Waals surface area contributed by atoms with Crippen LogP contribution in [-0.4, -0.2) is 23.8 Å². The van der Waals surface area contributed by atoms with E-state index in [9.17, 15) is 9.18 Å². The van der Waals surface area contributed by atoms with Gasteiger partial charge in [0.2, 0.25) is 0 Å². The van der Waals surface area contributed by atoms with Crippen molar-refractivity contribution in [3.8, 4) is 22.6 Å². The molecule has 1 N–H and O–H groups in total. The molecule has 0 heterocycles. The number of hydrogen-bond acceptors (Lipinski definition) is 4. The lowest BCUT2D eigenvalue weighted by Gasteiger charge is -2.21. The highest BCUT2D eigenvalue weighted by atomic mass is 19.1. The minimum atomic E-state index is -0.830. The van der Waals surface area contributed by atoms with Crippen LogP contribution < -0.4 is 9.47 Å². The molecule has 0 bridgehead atoms. The lowest BCUT2D eigenvalue weighted by molar-refractivity contribution is -0.136. The molecule has 0 aliphatic carbocycles. The molecule has 6 heteroatoms. The Kier molecular flexibility index (Phi) is 8.29. The summed E-state index contributed by atoms with van der Waals surface area (Å²) in [6.45, 7) is 6.55. The van der Waals surface area contributed by atoms with Gasteiger partial charge in [0.15, 0.2) is 0 Å². The third-order valence-electron chi connectivity index (χ3n) is 5.23. The molecule has 0 amide bonds. The van der Waals surface area contributed by atoms with Crippen molar-refractivity contribution in [2.45, 2.75) is 52.4 Å². The number of hydrogen-bond donors (Lipinski definition) is 1. The Labute approximate surface area is 200 Å². The lowest BCUT2D eigenvalue weighted by Crippen LogP contribution is -2.19. The second kappa shape index (κ2) is 11.2. The number of aryl methyl sites for hydroxylation is 1. The standard InChI is InChI=1S/C28H31FO5/c1-28(2,3)34-18-21-14-20(8-11-24(21)25-16-22(32-4)10-12-26(25)29)17-33-23-7-5-6-19(15-23)9-13-27(30)31/h5-8,10-12,14-16H,9,13,17-18H2,1-4H3,(H,30,31). The van der Waals surface area contributed by atoms with Crippen molar-refractivity contribution in [3.05, 3.63) is 83.2 Å². The van der Waals surface area contributed by atoms with Gasteiger partial charge in [-0.05, 0) is 85.8 Å². The molecule has 0 aliphatic heterocycles. The molecule has 0 aromatic heterocycles. The topological polar surface area (TPSA) is 65.0 Å². The van der Waals surface area contributed by atoms with Crippen LogP contribution in [0.3, 0.4) is 0 Å². The van der Waals surface area contributed by atoms with E-state index in [-0.39, 0.29) is 17.8 Å². The molecule has 0 radical (unpaired) electrons. The summed E-state index contributed by atoms with van der Waals surface area (Å²) in [5, 5.41) is 8.90. The highest BCUT2D eigenvalue weighted by molar-refractivity contribution is 5.70. The molecular formula is C28H31FO5. The largest absolute Gasteiger partial charge is 0.497 e. The maximum absolute atomic E-state index is 14.7. The summed E-state index contributed by atoms with van der Waals surface area (Å²) in [4.78, 5) is 10.8. The minimum absolute atomic E-state index is 0.0723. The first-order chi connectivity index (χ1) is 16.1. The van der Waals surface area contributed by atoms with Crippen LogP contribution in [0.1, 0.15) is 43.9 Å². The zero-order valence-corrected chi connectivity index (χ0v) is 20.1. The summed E-state index contributed by atoms with van der Waals surface area (Å²) < 4.78 is 32.0. The molecule has 0 spiro atoms. The number of carboxylic acids is 1. The van der Waals surface area contributed by atoms with Crippen LogP contribution in [0.4, 0.5) is 4.39 Å². The van der Waals surface area contributed by atoms with Crippen molar-refractivity contribution in [2.24, 2.45) is 0 Å². The quantitative estimate of drug-likeness (QED) is 0.374. The highest BCUT2D eigenvalue weighted by Gasteiger charge is 2.16. The summed E-state index contributed by atoms with van der Waals surface area (Å²) in [6.07, 6.45) is 0.518. The SMILES string of the molecule is COc1ccc(F)c(-c2ccc(COc3cccc(CCC(=O)O)c3)cc2COC(C)(C)C)c1. The number of rotatable bonds is 10.